The topological polar surface area (TPSA) is 75.7 Å². The Morgan fingerprint density at radius 3 is 2.43 bits per heavy atom. The maximum Gasteiger partial charge on any atom is 0.258 e. The molecular formula is C19H22ClFN2O4S. The van der Waals surface area contributed by atoms with E-state index in [4.69, 9.17) is 16.3 Å². The summed E-state index contributed by atoms with van der Waals surface area (Å²) in [5, 5.41) is 2.72. The number of hydrogen-bond acceptors (Lipinski definition) is 4. The number of nitrogens with one attached hydrogen (secondary N) is 1. The molecule has 0 saturated heterocycles. The van der Waals surface area contributed by atoms with Crippen molar-refractivity contribution in [3.63, 3.8) is 0 Å². The number of anilines is 1. The molecule has 152 valence electrons. The van der Waals surface area contributed by atoms with Gasteiger partial charge in [0.25, 0.3) is 5.91 Å². The van der Waals surface area contributed by atoms with Crippen LogP contribution in [0.15, 0.2) is 41.3 Å². The molecule has 9 heteroatoms. The quantitative estimate of drug-likeness (QED) is 0.685. The number of halogens is 2. The Kier molecular flexibility index (Phi) is 7.40. The largest absolute Gasteiger partial charge is 0.492 e. The van der Waals surface area contributed by atoms with E-state index in [2.05, 4.69) is 5.32 Å². The van der Waals surface area contributed by atoms with E-state index in [0.717, 1.165) is 6.07 Å². The van der Waals surface area contributed by atoms with Gasteiger partial charge in [-0.1, -0.05) is 25.4 Å². The van der Waals surface area contributed by atoms with Crippen LogP contribution in [-0.4, -0.2) is 38.3 Å². The van der Waals surface area contributed by atoms with E-state index in [1.54, 1.807) is 20.8 Å². The molecule has 2 aromatic rings. The summed E-state index contributed by atoms with van der Waals surface area (Å²) in [5.74, 6) is -1.29. The highest BCUT2D eigenvalue weighted by Crippen LogP contribution is 2.30. The second-order valence-corrected chi connectivity index (χ2v) is 8.10. The van der Waals surface area contributed by atoms with Gasteiger partial charge in [-0.3, -0.25) is 4.79 Å². The third-order valence-electron chi connectivity index (χ3n) is 4.00. The van der Waals surface area contributed by atoms with Crippen molar-refractivity contribution in [1.82, 2.24) is 4.31 Å². The SMILES string of the molecule is CCOc1ccc(NC(=O)c2cc(Cl)ccc2F)cc1S(=O)(=O)N(CC)CC. The molecule has 0 unspecified atom stereocenters. The number of sulfonamides is 1. The molecule has 0 aliphatic carbocycles. The molecule has 0 aliphatic rings. The Morgan fingerprint density at radius 2 is 1.82 bits per heavy atom. The number of carbonyl (C=O) groups excluding carboxylic acids is 1. The fourth-order valence-corrected chi connectivity index (χ4v) is 4.42. The number of nitrogens with zero attached hydrogens (tertiary/aromatic N) is 1. The average Bonchev–Trinajstić information content (AvgIpc) is 2.65. The molecule has 0 heterocycles. The second-order valence-electron chi connectivity index (χ2n) is 5.76. The Hall–Kier alpha value is -2.16. The zero-order valence-electron chi connectivity index (χ0n) is 15.8. The molecule has 0 fully saturated rings. The van der Waals surface area contributed by atoms with E-state index >= 15 is 0 Å². The normalized spacial score (nSPS) is 11.5. The molecule has 0 spiro atoms. The molecule has 28 heavy (non-hydrogen) atoms. The highest BCUT2D eigenvalue weighted by Gasteiger charge is 2.26. The van der Waals surface area contributed by atoms with Crippen LogP contribution in [0, 0.1) is 5.82 Å². The first-order chi connectivity index (χ1) is 13.2. The lowest BCUT2D eigenvalue weighted by Gasteiger charge is -2.21. The Morgan fingerprint density at radius 1 is 1.14 bits per heavy atom. The van der Waals surface area contributed by atoms with Gasteiger partial charge in [0.05, 0.1) is 12.2 Å². The highest BCUT2D eigenvalue weighted by atomic mass is 35.5. The minimum atomic E-state index is -3.83. The van der Waals surface area contributed by atoms with Crippen molar-refractivity contribution in [3.05, 3.63) is 52.8 Å². The molecule has 0 saturated carbocycles. The van der Waals surface area contributed by atoms with Gasteiger partial charge < -0.3 is 10.1 Å². The van der Waals surface area contributed by atoms with Crippen LogP contribution in [0.4, 0.5) is 10.1 Å². The molecule has 0 radical (unpaired) electrons. The molecule has 1 N–H and O–H groups in total. The van der Waals surface area contributed by atoms with Crippen LogP contribution in [0.2, 0.25) is 5.02 Å². The molecule has 0 bridgehead atoms. The third kappa shape index (κ3) is 4.81. The first-order valence-electron chi connectivity index (χ1n) is 8.77. The average molecular weight is 429 g/mol. The highest BCUT2D eigenvalue weighted by molar-refractivity contribution is 7.89. The van der Waals surface area contributed by atoms with Crippen LogP contribution >= 0.6 is 11.6 Å². The van der Waals surface area contributed by atoms with Gasteiger partial charge in [-0.25, -0.2) is 12.8 Å². The van der Waals surface area contributed by atoms with Gasteiger partial charge in [0.2, 0.25) is 10.0 Å². The number of hydrogen-bond donors (Lipinski definition) is 1. The van der Waals surface area contributed by atoms with E-state index in [-0.39, 0.29) is 46.6 Å². The van der Waals surface area contributed by atoms with E-state index < -0.39 is 21.7 Å². The monoisotopic (exact) mass is 428 g/mol. The van der Waals surface area contributed by atoms with E-state index in [9.17, 15) is 17.6 Å². The van der Waals surface area contributed by atoms with E-state index in [1.807, 2.05) is 0 Å². The van der Waals surface area contributed by atoms with Gasteiger partial charge in [-0.05, 0) is 43.3 Å². The molecule has 2 rings (SSSR count). The zero-order valence-corrected chi connectivity index (χ0v) is 17.4. The molecule has 2 aromatic carbocycles. The van der Waals surface area contributed by atoms with E-state index in [0.29, 0.717) is 0 Å². The van der Waals surface area contributed by atoms with E-state index in [1.165, 1.54) is 34.6 Å². The van der Waals surface area contributed by atoms with Crippen LogP contribution in [0.1, 0.15) is 31.1 Å². The first kappa shape index (κ1) is 22.1. The van der Waals surface area contributed by atoms with Crippen molar-refractivity contribution in [1.29, 1.82) is 0 Å². The van der Waals surface area contributed by atoms with Crippen LogP contribution in [0.25, 0.3) is 0 Å². The van der Waals surface area contributed by atoms with Crippen molar-refractivity contribution in [2.75, 3.05) is 25.0 Å². The minimum absolute atomic E-state index is 0.0672. The summed E-state index contributed by atoms with van der Waals surface area (Å²) < 4.78 is 46.5. The smallest absolute Gasteiger partial charge is 0.258 e. The standard InChI is InChI=1S/C19H22ClFN2O4S/c1-4-23(5-2)28(25,26)18-12-14(8-10-17(18)27-6-3)22-19(24)15-11-13(20)7-9-16(15)21/h7-12H,4-6H2,1-3H3,(H,22,24). The molecule has 6 nitrogen and oxygen atoms in total. The fourth-order valence-electron chi connectivity index (χ4n) is 2.63. The Labute approximate surface area is 169 Å². The van der Waals surface area contributed by atoms with Crippen LogP contribution in [0.5, 0.6) is 5.75 Å². The molecular weight excluding hydrogens is 407 g/mol. The predicted octanol–water partition coefficient (Wildman–Crippen LogP) is 4.16. The van der Waals surface area contributed by atoms with Crippen molar-refractivity contribution in [3.8, 4) is 5.75 Å². The van der Waals surface area contributed by atoms with Crippen molar-refractivity contribution >= 4 is 33.2 Å². The molecule has 0 aliphatic heterocycles. The van der Waals surface area contributed by atoms with Gasteiger partial charge in [0.1, 0.15) is 16.5 Å². The Balaban J connectivity index is 2.44. The van der Waals surface area contributed by atoms with Gasteiger partial charge in [0.15, 0.2) is 0 Å². The van der Waals surface area contributed by atoms with Crippen LogP contribution < -0.4 is 10.1 Å². The summed E-state index contributed by atoms with van der Waals surface area (Å²) >= 11 is 5.82. The summed E-state index contributed by atoms with van der Waals surface area (Å²) in [7, 11) is -3.83. The van der Waals surface area contributed by atoms with Crippen LogP contribution in [-0.2, 0) is 10.0 Å². The van der Waals surface area contributed by atoms with Gasteiger partial charge in [-0.15, -0.1) is 0 Å². The third-order valence-corrected chi connectivity index (χ3v) is 6.30. The summed E-state index contributed by atoms with van der Waals surface area (Å²) in [6.07, 6.45) is 0. The van der Waals surface area contributed by atoms with Gasteiger partial charge >= 0.3 is 0 Å². The first-order valence-corrected chi connectivity index (χ1v) is 10.6. The number of benzene rings is 2. The number of rotatable bonds is 8. The lowest BCUT2D eigenvalue weighted by Crippen LogP contribution is -2.31. The van der Waals surface area contributed by atoms with Crippen molar-refractivity contribution in [2.45, 2.75) is 25.7 Å². The summed E-state index contributed by atoms with van der Waals surface area (Å²) in [6.45, 7) is 6.05. The number of ether oxygens (including phenoxy) is 1. The van der Waals surface area contributed by atoms with Crippen LogP contribution in [0.3, 0.4) is 0 Å². The molecule has 0 atom stereocenters. The maximum absolute atomic E-state index is 13.9. The maximum atomic E-state index is 13.9. The fraction of sp³-hybridized carbons (Fsp3) is 0.316. The van der Waals surface area contributed by atoms with Gasteiger partial charge in [0, 0.05) is 23.8 Å². The van der Waals surface area contributed by atoms with Crippen molar-refractivity contribution < 1.29 is 22.3 Å². The number of carbonyl (C=O) groups is 1. The summed E-state index contributed by atoms with van der Waals surface area (Å²) in [6, 6.07) is 7.88. The lowest BCUT2D eigenvalue weighted by molar-refractivity contribution is 0.102. The zero-order chi connectivity index (χ0) is 20.9. The molecule has 1 amide bonds. The van der Waals surface area contributed by atoms with Gasteiger partial charge in [-0.2, -0.15) is 4.31 Å². The molecule has 0 aromatic heterocycles. The second kappa shape index (κ2) is 9.36. The Bertz CT molecular complexity index is 962. The predicted molar refractivity (Wildman–Crippen MR) is 107 cm³/mol. The summed E-state index contributed by atoms with van der Waals surface area (Å²) in [5.41, 5.74) is -0.0481. The summed E-state index contributed by atoms with van der Waals surface area (Å²) in [4.78, 5) is 12.3. The number of amides is 1. The minimum Gasteiger partial charge on any atom is -0.492 e. The lowest BCUT2D eigenvalue weighted by atomic mass is 10.2. The van der Waals surface area contributed by atoms with Crippen molar-refractivity contribution in [2.24, 2.45) is 0 Å².